The maximum Gasteiger partial charge on any atom is 0.105 e. The molecule has 2 saturated carbocycles. The molecule has 0 aromatic carbocycles. The van der Waals surface area contributed by atoms with Crippen LogP contribution in [0.15, 0.2) is 0 Å². The zero-order chi connectivity index (χ0) is 6.93. The molecule has 3 aliphatic rings. The SMILES string of the molecule is ClC1CC2CC1C1SC21Cl. The molecule has 2 bridgehead atoms. The van der Waals surface area contributed by atoms with E-state index in [1.165, 1.54) is 12.8 Å². The molecule has 56 valence electrons. The molecule has 10 heavy (non-hydrogen) atoms. The van der Waals surface area contributed by atoms with Crippen LogP contribution in [0.25, 0.3) is 0 Å². The first kappa shape index (κ1) is 6.45. The third-order valence-electron chi connectivity index (χ3n) is 3.11. The normalized spacial score (nSPS) is 70.2. The van der Waals surface area contributed by atoms with Crippen LogP contribution in [0.1, 0.15) is 12.8 Å². The smallest absolute Gasteiger partial charge is 0.105 e. The van der Waals surface area contributed by atoms with Crippen LogP contribution in [-0.4, -0.2) is 14.8 Å². The van der Waals surface area contributed by atoms with Crippen molar-refractivity contribution in [2.75, 3.05) is 0 Å². The van der Waals surface area contributed by atoms with Crippen molar-refractivity contribution in [3.05, 3.63) is 0 Å². The largest absolute Gasteiger partial charge is 0.131 e. The monoisotopic (exact) mass is 194 g/mol. The molecular weight excluding hydrogens is 187 g/mol. The molecule has 1 heterocycles. The van der Waals surface area contributed by atoms with Gasteiger partial charge in [0, 0.05) is 10.6 Å². The average Bonchev–Trinajstić information content (AvgIpc) is 2.30. The zero-order valence-corrected chi connectivity index (χ0v) is 7.72. The summed E-state index contributed by atoms with van der Waals surface area (Å²) < 4.78 is 0.163. The Hall–Kier alpha value is 0.930. The van der Waals surface area contributed by atoms with Crippen LogP contribution < -0.4 is 0 Å². The Balaban J connectivity index is 1.98. The number of fused-ring (bicyclic) bond motifs is 5. The fourth-order valence-corrected chi connectivity index (χ4v) is 5.25. The lowest BCUT2D eigenvalue weighted by Crippen LogP contribution is -2.22. The van der Waals surface area contributed by atoms with E-state index in [0.717, 1.165) is 17.1 Å². The van der Waals surface area contributed by atoms with Crippen molar-refractivity contribution in [3.8, 4) is 0 Å². The number of hydrogen-bond donors (Lipinski definition) is 0. The minimum atomic E-state index is 0.163. The highest BCUT2D eigenvalue weighted by Crippen LogP contribution is 2.76. The predicted octanol–water partition coefficient (Wildman–Crippen LogP) is 2.68. The Morgan fingerprint density at radius 2 is 2.20 bits per heavy atom. The highest BCUT2D eigenvalue weighted by atomic mass is 35.5. The minimum absolute atomic E-state index is 0.163. The summed E-state index contributed by atoms with van der Waals surface area (Å²) in [4.78, 5) is 0. The van der Waals surface area contributed by atoms with E-state index in [1.54, 1.807) is 0 Å². The van der Waals surface area contributed by atoms with Gasteiger partial charge in [-0.15, -0.1) is 35.0 Å². The van der Waals surface area contributed by atoms with Crippen molar-refractivity contribution >= 4 is 35.0 Å². The fourth-order valence-electron chi connectivity index (χ4n) is 2.52. The summed E-state index contributed by atoms with van der Waals surface area (Å²) in [7, 11) is 0. The first-order valence-corrected chi connectivity index (χ1v) is 5.42. The van der Waals surface area contributed by atoms with E-state index in [1.807, 2.05) is 11.8 Å². The quantitative estimate of drug-likeness (QED) is 0.423. The lowest BCUT2D eigenvalue weighted by atomic mass is 10.00. The minimum Gasteiger partial charge on any atom is -0.131 e. The van der Waals surface area contributed by atoms with Crippen LogP contribution in [0.2, 0.25) is 0 Å². The van der Waals surface area contributed by atoms with Gasteiger partial charge in [-0.05, 0) is 24.7 Å². The molecule has 0 amide bonds. The van der Waals surface area contributed by atoms with Crippen molar-refractivity contribution in [1.29, 1.82) is 0 Å². The van der Waals surface area contributed by atoms with Gasteiger partial charge in [0.15, 0.2) is 0 Å². The topological polar surface area (TPSA) is 0 Å². The molecule has 0 spiro atoms. The van der Waals surface area contributed by atoms with Crippen molar-refractivity contribution < 1.29 is 0 Å². The fraction of sp³-hybridized carbons (Fsp3) is 1.00. The Bertz CT molecular complexity index is 194. The van der Waals surface area contributed by atoms with Gasteiger partial charge in [0.05, 0.1) is 0 Å². The van der Waals surface area contributed by atoms with E-state index in [-0.39, 0.29) is 4.21 Å². The standard InChI is InChI=1S/C7H8Cl2S/c8-5-2-3-1-4(5)6-7(3,9)10-6/h3-6H,1-2H2. The lowest BCUT2D eigenvalue weighted by Gasteiger charge is -2.16. The highest BCUT2D eigenvalue weighted by Gasteiger charge is 2.72. The number of alkyl halides is 2. The van der Waals surface area contributed by atoms with E-state index in [9.17, 15) is 0 Å². The van der Waals surface area contributed by atoms with Crippen LogP contribution in [-0.2, 0) is 0 Å². The maximum absolute atomic E-state index is 6.31. The second-order valence-corrected chi connectivity index (χ2v) is 6.41. The van der Waals surface area contributed by atoms with E-state index < -0.39 is 0 Å². The molecule has 0 radical (unpaired) electrons. The highest BCUT2D eigenvalue weighted by molar-refractivity contribution is 8.10. The summed E-state index contributed by atoms with van der Waals surface area (Å²) in [6.45, 7) is 0. The van der Waals surface area contributed by atoms with Gasteiger partial charge < -0.3 is 0 Å². The average molecular weight is 195 g/mol. The predicted molar refractivity (Wildman–Crippen MR) is 45.8 cm³/mol. The van der Waals surface area contributed by atoms with Gasteiger partial charge in [0.25, 0.3) is 0 Å². The number of halogens is 2. The Morgan fingerprint density at radius 3 is 2.70 bits per heavy atom. The number of hydrogen-bond acceptors (Lipinski definition) is 1. The van der Waals surface area contributed by atoms with Gasteiger partial charge in [-0.3, -0.25) is 0 Å². The maximum atomic E-state index is 6.31. The van der Waals surface area contributed by atoms with Gasteiger partial charge in [0.1, 0.15) is 4.21 Å². The Kier molecular flexibility index (Phi) is 1.06. The molecule has 0 nitrogen and oxygen atoms in total. The lowest BCUT2D eigenvalue weighted by molar-refractivity contribution is 0.525. The molecule has 3 rings (SSSR count). The van der Waals surface area contributed by atoms with Crippen LogP contribution in [0.4, 0.5) is 0 Å². The number of rotatable bonds is 0. The van der Waals surface area contributed by atoms with Gasteiger partial charge in [-0.1, -0.05) is 0 Å². The van der Waals surface area contributed by atoms with Gasteiger partial charge in [-0.25, -0.2) is 0 Å². The van der Waals surface area contributed by atoms with E-state index in [2.05, 4.69) is 0 Å². The van der Waals surface area contributed by atoms with Gasteiger partial charge in [-0.2, -0.15) is 0 Å². The van der Waals surface area contributed by atoms with E-state index in [0.29, 0.717) is 5.38 Å². The zero-order valence-electron chi connectivity index (χ0n) is 5.39. The molecule has 0 N–H and O–H groups in total. The molecule has 0 aromatic heterocycles. The van der Waals surface area contributed by atoms with E-state index >= 15 is 0 Å². The third kappa shape index (κ3) is 0.551. The Morgan fingerprint density at radius 1 is 1.40 bits per heavy atom. The summed E-state index contributed by atoms with van der Waals surface area (Å²) >= 11 is 14.4. The van der Waals surface area contributed by atoms with Crippen LogP contribution in [0.3, 0.4) is 0 Å². The molecule has 2 aliphatic carbocycles. The van der Waals surface area contributed by atoms with Crippen molar-refractivity contribution in [1.82, 2.24) is 0 Å². The second kappa shape index (κ2) is 1.65. The molecule has 1 saturated heterocycles. The van der Waals surface area contributed by atoms with Gasteiger partial charge in [0.2, 0.25) is 0 Å². The van der Waals surface area contributed by atoms with Crippen molar-refractivity contribution in [2.24, 2.45) is 11.8 Å². The summed E-state index contributed by atoms with van der Waals surface area (Å²) in [5.74, 6) is 1.48. The first-order valence-electron chi connectivity index (χ1n) is 3.72. The Labute approximate surface area is 74.6 Å². The molecule has 3 heteroatoms. The summed E-state index contributed by atoms with van der Waals surface area (Å²) in [5.41, 5.74) is 0. The molecule has 5 unspecified atom stereocenters. The summed E-state index contributed by atoms with van der Waals surface area (Å²) in [6, 6.07) is 0. The molecule has 1 aliphatic heterocycles. The molecular formula is C7H8Cl2S. The van der Waals surface area contributed by atoms with Gasteiger partial charge >= 0.3 is 0 Å². The van der Waals surface area contributed by atoms with Crippen LogP contribution in [0.5, 0.6) is 0 Å². The van der Waals surface area contributed by atoms with Crippen LogP contribution in [0, 0.1) is 11.8 Å². The molecule has 0 aromatic rings. The first-order chi connectivity index (χ1) is 4.72. The summed E-state index contributed by atoms with van der Waals surface area (Å²) in [5, 5.41) is 1.16. The van der Waals surface area contributed by atoms with Crippen LogP contribution >= 0.6 is 35.0 Å². The van der Waals surface area contributed by atoms with Crippen molar-refractivity contribution in [2.45, 2.75) is 27.7 Å². The summed E-state index contributed by atoms with van der Waals surface area (Å²) in [6.07, 6.45) is 2.47. The molecule has 5 atom stereocenters. The molecule has 3 fully saturated rings. The third-order valence-corrected chi connectivity index (χ3v) is 6.23. The van der Waals surface area contributed by atoms with E-state index in [4.69, 9.17) is 23.2 Å². The van der Waals surface area contributed by atoms with Crippen molar-refractivity contribution in [3.63, 3.8) is 0 Å². The second-order valence-electron chi connectivity index (χ2n) is 3.58. The number of thioether (sulfide) groups is 1.